The van der Waals surface area contributed by atoms with Crippen LogP contribution in [0.4, 0.5) is 21.8 Å². The minimum Gasteiger partial charge on any atom is -0.368 e. The van der Waals surface area contributed by atoms with Crippen LogP contribution in [-0.4, -0.2) is 9.97 Å². The molecule has 4 nitrogen and oxygen atoms in total. The Morgan fingerprint density at radius 2 is 2.06 bits per heavy atom. The zero-order valence-electron chi connectivity index (χ0n) is 8.74. The molecule has 0 unspecified atom stereocenters. The molecule has 0 atom stereocenters. The van der Waals surface area contributed by atoms with Gasteiger partial charge in [-0.3, -0.25) is 0 Å². The van der Waals surface area contributed by atoms with E-state index in [1.54, 1.807) is 0 Å². The van der Waals surface area contributed by atoms with Crippen molar-refractivity contribution < 1.29 is 4.39 Å². The summed E-state index contributed by atoms with van der Waals surface area (Å²) >= 11 is 0. The van der Waals surface area contributed by atoms with Gasteiger partial charge in [-0.25, -0.2) is 9.37 Å². The molecule has 0 fully saturated rings. The topological polar surface area (TPSA) is 63.8 Å². The first kappa shape index (κ1) is 10.4. The average Bonchev–Trinajstić information content (AvgIpc) is 2.27. The molecule has 0 radical (unpaired) electrons. The maximum atomic E-state index is 13.3. The number of halogens is 1. The van der Waals surface area contributed by atoms with E-state index < -0.39 is 5.82 Å². The second-order valence-corrected chi connectivity index (χ2v) is 3.36. The van der Waals surface area contributed by atoms with Gasteiger partial charge in [0, 0.05) is 5.69 Å². The summed E-state index contributed by atoms with van der Waals surface area (Å²) < 4.78 is 13.3. The molecule has 0 amide bonds. The normalized spacial score (nSPS) is 10.1. The first-order chi connectivity index (χ1) is 7.66. The molecule has 0 aliphatic carbocycles. The lowest BCUT2D eigenvalue weighted by molar-refractivity contribution is 0.620. The van der Waals surface area contributed by atoms with E-state index in [0.29, 0.717) is 0 Å². The van der Waals surface area contributed by atoms with Crippen LogP contribution in [0.3, 0.4) is 0 Å². The number of hydrogen-bond donors (Lipinski definition) is 2. The van der Waals surface area contributed by atoms with Gasteiger partial charge < -0.3 is 11.1 Å². The van der Waals surface area contributed by atoms with Gasteiger partial charge in [-0.1, -0.05) is 18.2 Å². The number of nitrogens with one attached hydrogen (secondary N) is 1. The summed E-state index contributed by atoms with van der Waals surface area (Å²) in [4.78, 5) is 7.34. The molecule has 2 rings (SSSR count). The number of nitrogens with two attached hydrogens (primary N) is 1. The Morgan fingerprint density at radius 1 is 1.31 bits per heavy atom. The van der Waals surface area contributed by atoms with Crippen molar-refractivity contribution in [3.8, 4) is 0 Å². The van der Waals surface area contributed by atoms with Crippen molar-refractivity contribution >= 4 is 17.5 Å². The van der Waals surface area contributed by atoms with Crippen molar-refractivity contribution in [2.45, 2.75) is 6.92 Å². The number of rotatable bonds is 2. The van der Waals surface area contributed by atoms with E-state index in [4.69, 9.17) is 5.73 Å². The Kier molecular flexibility index (Phi) is 2.68. The molecule has 82 valence electrons. The van der Waals surface area contributed by atoms with Crippen LogP contribution in [0.25, 0.3) is 0 Å². The van der Waals surface area contributed by atoms with E-state index in [9.17, 15) is 4.39 Å². The molecule has 0 aliphatic rings. The molecule has 16 heavy (non-hydrogen) atoms. The van der Waals surface area contributed by atoms with E-state index in [0.717, 1.165) is 17.4 Å². The minimum atomic E-state index is -0.530. The Hall–Kier alpha value is -2.17. The molecule has 0 saturated carbocycles. The fraction of sp³-hybridized carbons (Fsp3) is 0.0909. The Balaban J connectivity index is 2.34. The molecular weight excluding hydrogens is 207 g/mol. The van der Waals surface area contributed by atoms with E-state index >= 15 is 0 Å². The molecule has 0 aliphatic heterocycles. The number of benzene rings is 1. The number of anilines is 3. The average molecular weight is 218 g/mol. The Labute approximate surface area is 92.3 Å². The van der Waals surface area contributed by atoms with Gasteiger partial charge >= 0.3 is 0 Å². The van der Waals surface area contributed by atoms with Gasteiger partial charge in [0.05, 0.1) is 6.20 Å². The molecule has 5 heteroatoms. The van der Waals surface area contributed by atoms with Crippen molar-refractivity contribution in [2.24, 2.45) is 0 Å². The van der Waals surface area contributed by atoms with Crippen molar-refractivity contribution in [3.05, 3.63) is 41.8 Å². The molecule has 0 spiro atoms. The largest absolute Gasteiger partial charge is 0.368 e. The van der Waals surface area contributed by atoms with E-state index in [1.165, 1.54) is 0 Å². The van der Waals surface area contributed by atoms with Crippen LogP contribution in [0.15, 0.2) is 30.5 Å². The predicted molar refractivity (Wildman–Crippen MR) is 60.9 cm³/mol. The molecule has 0 saturated heterocycles. The molecule has 2 aromatic rings. The van der Waals surface area contributed by atoms with Crippen molar-refractivity contribution in [3.63, 3.8) is 0 Å². The number of aryl methyl sites for hydroxylation is 1. The molecule has 3 N–H and O–H groups in total. The second-order valence-electron chi connectivity index (χ2n) is 3.36. The third-order valence-corrected chi connectivity index (χ3v) is 2.16. The van der Waals surface area contributed by atoms with Crippen molar-refractivity contribution in [1.29, 1.82) is 0 Å². The van der Waals surface area contributed by atoms with Crippen LogP contribution < -0.4 is 11.1 Å². The van der Waals surface area contributed by atoms with Gasteiger partial charge in [0.1, 0.15) is 0 Å². The summed E-state index contributed by atoms with van der Waals surface area (Å²) in [5, 5.41) is 2.88. The smallest absolute Gasteiger partial charge is 0.222 e. The summed E-state index contributed by atoms with van der Waals surface area (Å²) in [6.07, 6.45) is 1.04. The molecule has 1 aromatic carbocycles. The van der Waals surface area contributed by atoms with E-state index in [1.807, 2.05) is 31.2 Å². The van der Waals surface area contributed by atoms with Crippen LogP contribution in [0.1, 0.15) is 5.56 Å². The summed E-state index contributed by atoms with van der Waals surface area (Å²) in [6, 6.07) is 7.53. The fourth-order valence-electron chi connectivity index (χ4n) is 1.31. The first-order valence-corrected chi connectivity index (χ1v) is 4.77. The van der Waals surface area contributed by atoms with E-state index in [-0.39, 0.29) is 11.8 Å². The Bertz CT molecular complexity index is 513. The summed E-state index contributed by atoms with van der Waals surface area (Å²) in [5.41, 5.74) is 7.18. The monoisotopic (exact) mass is 218 g/mol. The number of hydrogen-bond acceptors (Lipinski definition) is 4. The maximum absolute atomic E-state index is 13.3. The van der Waals surface area contributed by atoms with Gasteiger partial charge in [0.25, 0.3) is 0 Å². The number of nitrogen functional groups attached to an aromatic ring is 1. The van der Waals surface area contributed by atoms with Gasteiger partial charge in [-0.05, 0) is 18.6 Å². The first-order valence-electron chi connectivity index (χ1n) is 4.77. The lowest BCUT2D eigenvalue weighted by atomic mass is 10.2. The van der Waals surface area contributed by atoms with Gasteiger partial charge in [0.15, 0.2) is 11.6 Å². The highest BCUT2D eigenvalue weighted by Crippen LogP contribution is 2.20. The fourth-order valence-corrected chi connectivity index (χ4v) is 1.31. The lowest BCUT2D eigenvalue weighted by Crippen LogP contribution is -2.03. The highest BCUT2D eigenvalue weighted by atomic mass is 19.1. The van der Waals surface area contributed by atoms with Crippen molar-refractivity contribution in [2.75, 3.05) is 11.1 Å². The zero-order valence-corrected chi connectivity index (χ0v) is 8.74. The number of aromatic nitrogens is 2. The maximum Gasteiger partial charge on any atom is 0.222 e. The quantitative estimate of drug-likeness (QED) is 0.811. The van der Waals surface area contributed by atoms with Crippen LogP contribution in [0.2, 0.25) is 0 Å². The number of nitrogens with zero attached hydrogens (tertiary/aromatic N) is 2. The van der Waals surface area contributed by atoms with Crippen LogP contribution in [-0.2, 0) is 0 Å². The van der Waals surface area contributed by atoms with Gasteiger partial charge in [0.2, 0.25) is 5.95 Å². The van der Waals surface area contributed by atoms with Crippen LogP contribution >= 0.6 is 0 Å². The summed E-state index contributed by atoms with van der Waals surface area (Å²) in [6.45, 7) is 1.92. The molecule has 0 bridgehead atoms. The molecule has 1 aromatic heterocycles. The highest BCUT2D eigenvalue weighted by Gasteiger charge is 2.06. The van der Waals surface area contributed by atoms with Crippen LogP contribution in [0, 0.1) is 12.7 Å². The summed E-state index contributed by atoms with van der Waals surface area (Å²) in [7, 11) is 0. The Morgan fingerprint density at radius 3 is 2.81 bits per heavy atom. The summed E-state index contributed by atoms with van der Waals surface area (Å²) in [5.74, 6) is -0.406. The lowest BCUT2D eigenvalue weighted by Gasteiger charge is -2.09. The standard InChI is InChI=1S/C11H11FN4/c1-7-4-2-3-5-9(7)15-10-8(12)6-14-11(13)16-10/h2-6H,1H3,(H3,13,14,15,16). The molecular formula is C11H11FN4. The zero-order chi connectivity index (χ0) is 11.5. The van der Waals surface area contributed by atoms with Crippen LogP contribution in [0.5, 0.6) is 0 Å². The van der Waals surface area contributed by atoms with Gasteiger partial charge in [-0.2, -0.15) is 4.98 Å². The molecule has 1 heterocycles. The van der Waals surface area contributed by atoms with E-state index in [2.05, 4.69) is 15.3 Å². The highest BCUT2D eigenvalue weighted by molar-refractivity contribution is 5.60. The second kappa shape index (κ2) is 4.14. The predicted octanol–water partition coefficient (Wildman–Crippen LogP) is 2.25. The van der Waals surface area contributed by atoms with Gasteiger partial charge in [-0.15, -0.1) is 0 Å². The SMILES string of the molecule is Cc1ccccc1Nc1nc(N)ncc1F. The van der Waals surface area contributed by atoms with Crippen molar-refractivity contribution in [1.82, 2.24) is 9.97 Å². The third-order valence-electron chi connectivity index (χ3n) is 2.16. The minimum absolute atomic E-state index is 0.0393. The third kappa shape index (κ3) is 2.08. The number of para-hydroxylation sites is 1.